The van der Waals surface area contributed by atoms with Gasteiger partial charge in [0.15, 0.2) is 0 Å². The minimum atomic E-state index is -0.290. The van der Waals surface area contributed by atoms with Crippen LogP contribution in [-0.4, -0.2) is 30.3 Å². The molecule has 6 heteroatoms. The Morgan fingerprint density at radius 1 is 0.867 bits per heavy atom. The van der Waals surface area contributed by atoms with Crippen molar-refractivity contribution in [3.8, 4) is 0 Å². The third kappa shape index (κ3) is 6.25. The highest BCUT2D eigenvalue weighted by Gasteiger charge is 2.14. The standard InChI is InChI=1S/C24H24FN3O2/c1-28(16-19-11-13-20(25)14-12-19)17-23(29)27-22-10-6-5-9-21(22)24(30)26-15-18-7-3-2-4-8-18/h2-14H,15-17H2,1H3,(H,26,30)(H,27,29). The highest BCUT2D eigenvalue weighted by Crippen LogP contribution is 2.15. The molecule has 3 aromatic carbocycles. The topological polar surface area (TPSA) is 61.4 Å². The van der Waals surface area contributed by atoms with E-state index in [1.807, 2.05) is 35.2 Å². The van der Waals surface area contributed by atoms with Gasteiger partial charge in [-0.25, -0.2) is 4.39 Å². The maximum Gasteiger partial charge on any atom is 0.253 e. The number of carbonyl (C=O) groups excluding carboxylic acids is 2. The van der Waals surface area contributed by atoms with Crippen LogP contribution in [0.4, 0.5) is 10.1 Å². The molecule has 5 nitrogen and oxygen atoms in total. The van der Waals surface area contributed by atoms with Crippen molar-refractivity contribution in [1.82, 2.24) is 10.2 Å². The summed E-state index contributed by atoms with van der Waals surface area (Å²) in [4.78, 5) is 26.9. The van der Waals surface area contributed by atoms with Gasteiger partial charge in [-0.1, -0.05) is 54.6 Å². The van der Waals surface area contributed by atoms with Crippen LogP contribution in [0.15, 0.2) is 78.9 Å². The van der Waals surface area contributed by atoms with Crippen LogP contribution in [0.3, 0.4) is 0 Å². The summed E-state index contributed by atoms with van der Waals surface area (Å²) >= 11 is 0. The molecule has 2 N–H and O–H groups in total. The lowest BCUT2D eigenvalue weighted by atomic mass is 10.1. The quantitative estimate of drug-likeness (QED) is 0.599. The third-order valence-corrected chi connectivity index (χ3v) is 4.52. The lowest BCUT2D eigenvalue weighted by molar-refractivity contribution is -0.117. The summed E-state index contributed by atoms with van der Waals surface area (Å²) in [5.74, 6) is -0.779. The fraction of sp³-hybridized carbons (Fsp3) is 0.167. The van der Waals surface area contributed by atoms with Crippen LogP contribution in [-0.2, 0) is 17.9 Å². The number of carbonyl (C=O) groups is 2. The van der Waals surface area contributed by atoms with E-state index >= 15 is 0 Å². The predicted octanol–water partition coefficient (Wildman–Crippen LogP) is 3.83. The summed E-state index contributed by atoms with van der Waals surface area (Å²) in [7, 11) is 1.81. The van der Waals surface area contributed by atoms with Crippen molar-refractivity contribution < 1.29 is 14.0 Å². The Labute approximate surface area is 175 Å². The van der Waals surface area contributed by atoms with Gasteiger partial charge in [-0.05, 0) is 42.4 Å². The number of para-hydroxylation sites is 1. The van der Waals surface area contributed by atoms with Gasteiger partial charge < -0.3 is 10.6 Å². The number of amides is 2. The Kier molecular flexibility index (Phi) is 7.29. The second-order valence-corrected chi connectivity index (χ2v) is 7.06. The van der Waals surface area contributed by atoms with Gasteiger partial charge in [0.05, 0.1) is 17.8 Å². The maximum atomic E-state index is 13.0. The molecule has 0 bridgehead atoms. The zero-order valence-electron chi connectivity index (χ0n) is 16.8. The first-order valence-corrected chi connectivity index (χ1v) is 9.65. The van der Waals surface area contributed by atoms with Crippen molar-refractivity contribution in [2.45, 2.75) is 13.1 Å². The first kappa shape index (κ1) is 21.2. The minimum absolute atomic E-state index is 0.136. The van der Waals surface area contributed by atoms with Crippen LogP contribution in [0.5, 0.6) is 0 Å². The number of hydrogen-bond acceptors (Lipinski definition) is 3. The predicted molar refractivity (Wildman–Crippen MR) is 115 cm³/mol. The van der Waals surface area contributed by atoms with Crippen LogP contribution >= 0.6 is 0 Å². The number of anilines is 1. The van der Waals surface area contributed by atoms with Crippen LogP contribution in [0, 0.1) is 5.82 Å². The number of nitrogens with zero attached hydrogens (tertiary/aromatic N) is 1. The molecule has 0 radical (unpaired) electrons. The van der Waals surface area contributed by atoms with Crippen molar-refractivity contribution in [3.05, 3.63) is 101 Å². The largest absolute Gasteiger partial charge is 0.348 e. The second kappa shape index (κ2) is 10.3. The summed E-state index contributed by atoms with van der Waals surface area (Å²) in [6.45, 7) is 1.05. The summed E-state index contributed by atoms with van der Waals surface area (Å²) in [5.41, 5.74) is 2.77. The van der Waals surface area contributed by atoms with Gasteiger partial charge in [-0.15, -0.1) is 0 Å². The average molecular weight is 405 g/mol. The molecule has 0 fully saturated rings. The SMILES string of the molecule is CN(CC(=O)Nc1ccccc1C(=O)NCc1ccccc1)Cc1ccc(F)cc1. The molecule has 0 aliphatic heterocycles. The zero-order valence-corrected chi connectivity index (χ0v) is 16.8. The highest BCUT2D eigenvalue weighted by molar-refractivity contribution is 6.04. The van der Waals surface area contributed by atoms with E-state index in [0.717, 1.165) is 11.1 Å². The molecule has 0 saturated heterocycles. The van der Waals surface area contributed by atoms with Crippen molar-refractivity contribution in [2.75, 3.05) is 18.9 Å². The molecule has 0 aromatic heterocycles. The van der Waals surface area contributed by atoms with Gasteiger partial charge in [-0.2, -0.15) is 0 Å². The Balaban J connectivity index is 1.57. The first-order chi connectivity index (χ1) is 14.5. The van der Waals surface area contributed by atoms with Gasteiger partial charge in [-0.3, -0.25) is 14.5 Å². The molecule has 0 aliphatic carbocycles. The van der Waals surface area contributed by atoms with E-state index < -0.39 is 0 Å². The summed E-state index contributed by atoms with van der Waals surface area (Å²) in [6.07, 6.45) is 0. The summed E-state index contributed by atoms with van der Waals surface area (Å²) in [6, 6.07) is 22.7. The van der Waals surface area contributed by atoms with E-state index in [4.69, 9.17) is 0 Å². The van der Waals surface area contributed by atoms with Gasteiger partial charge in [0.1, 0.15) is 5.82 Å². The van der Waals surface area contributed by atoms with Gasteiger partial charge in [0.2, 0.25) is 5.91 Å². The molecule has 2 amide bonds. The van der Waals surface area contributed by atoms with E-state index in [1.54, 1.807) is 43.4 Å². The van der Waals surface area contributed by atoms with Crippen molar-refractivity contribution in [1.29, 1.82) is 0 Å². The Morgan fingerprint density at radius 3 is 2.27 bits per heavy atom. The number of rotatable bonds is 8. The molecule has 0 atom stereocenters. The fourth-order valence-corrected chi connectivity index (χ4v) is 3.06. The summed E-state index contributed by atoms with van der Waals surface area (Å²) < 4.78 is 13.0. The molecule has 0 saturated carbocycles. The third-order valence-electron chi connectivity index (χ3n) is 4.52. The van der Waals surface area contributed by atoms with E-state index in [2.05, 4.69) is 10.6 Å². The van der Waals surface area contributed by atoms with Gasteiger partial charge >= 0.3 is 0 Å². The van der Waals surface area contributed by atoms with E-state index in [1.165, 1.54) is 12.1 Å². The van der Waals surface area contributed by atoms with E-state index in [-0.39, 0.29) is 24.2 Å². The smallest absolute Gasteiger partial charge is 0.253 e. The number of halogens is 1. The molecular weight excluding hydrogens is 381 g/mol. The number of benzene rings is 3. The highest BCUT2D eigenvalue weighted by atomic mass is 19.1. The van der Waals surface area contributed by atoms with Crippen LogP contribution in [0.2, 0.25) is 0 Å². The van der Waals surface area contributed by atoms with E-state index in [9.17, 15) is 14.0 Å². The lowest BCUT2D eigenvalue weighted by Gasteiger charge is -2.17. The lowest BCUT2D eigenvalue weighted by Crippen LogP contribution is -2.31. The van der Waals surface area contributed by atoms with Crippen molar-refractivity contribution in [2.24, 2.45) is 0 Å². The molecule has 0 aliphatic rings. The van der Waals surface area contributed by atoms with E-state index in [0.29, 0.717) is 24.3 Å². The number of likely N-dealkylation sites (N-methyl/N-ethyl adjacent to an activating group) is 1. The van der Waals surface area contributed by atoms with Crippen molar-refractivity contribution >= 4 is 17.5 Å². The molecule has 30 heavy (non-hydrogen) atoms. The number of nitrogens with one attached hydrogen (secondary N) is 2. The zero-order chi connectivity index (χ0) is 21.3. The number of hydrogen-bond donors (Lipinski definition) is 2. The molecule has 0 spiro atoms. The molecule has 0 unspecified atom stereocenters. The molecular formula is C24H24FN3O2. The van der Waals surface area contributed by atoms with Crippen molar-refractivity contribution in [3.63, 3.8) is 0 Å². The normalized spacial score (nSPS) is 10.6. The van der Waals surface area contributed by atoms with Crippen LogP contribution in [0.1, 0.15) is 21.5 Å². The Bertz CT molecular complexity index is 991. The Morgan fingerprint density at radius 2 is 1.53 bits per heavy atom. The maximum absolute atomic E-state index is 13.0. The molecule has 3 rings (SSSR count). The fourth-order valence-electron chi connectivity index (χ4n) is 3.06. The van der Waals surface area contributed by atoms with Crippen LogP contribution in [0.25, 0.3) is 0 Å². The molecule has 0 heterocycles. The van der Waals surface area contributed by atoms with Crippen LogP contribution < -0.4 is 10.6 Å². The minimum Gasteiger partial charge on any atom is -0.348 e. The monoisotopic (exact) mass is 405 g/mol. The molecule has 154 valence electrons. The Hall–Kier alpha value is -3.51. The average Bonchev–Trinajstić information content (AvgIpc) is 2.74. The first-order valence-electron chi connectivity index (χ1n) is 9.65. The summed E-state index contributed by atoms with van der Waals surface area (Å²) in [5, 5.41) is 5.69. The second-order valence-electron chi connectivity index (χ2n) is 7.06. The molecule has 3 aromatic rings. The van der Waals surface area contributed by atoms with Gasteiger partial charge in [0, 0.05) is 13.1 Å². The van der Waals surface area contributed by atoms with Gasteiger partial charge in [0.25, 0.3) is 5.91 Å².